The molecule has 0 radical (unpaired) electrons. The van der Waals surface area contributed by atoms with Crippen LogP contribution in [0.4, 0.5) is 0 Å². The first-order chi connectivity index (χ1) is 5.58. The molecule has 0 saturated carbocycles. The molecule has 12 heavy (non-hydrogen) atoms. The minimum atomic E-state index is 0.0237. The fourth-order valence-electron chi connectivity index (χ4n) is 0.807. The monoisotopic (exact) mass is 161 g/mol. The minimum absolute atomic E-state index is 0.0237. The minimum Gasteiger partial charge on any atom is -0.287 e. The van der Waals surface area contributed by atoms with E-state index in [9.17, 15) is 0 Å². The summed E-state index contributed by atoms with van der Waals surface area (Å²) in [5.41, 5.74) is 1.18. The van der Waals surface area contributed by atoms with Gasteiger partial charge in [-0.25, -0.2) is 0 Å². The van der Waals surface area contributed by atoms with Gasteiger partial charge in [-0.3, -0.25) is 4.99 Å². The molecule has 0 aliphatic heterocycles. The van der Waals surface area contributed by atoms with Gasteiger partial charge in [0.2, 0.25) is 0 Å². The van der Waals surface area contributed by atoms with E-state index in [1.807, 2.05) is 24.4 Å². The largest absolute Gasteiger partial charge is 0.287 e. The van der Waals surface area contributed by atoms with E-state index in [4.69, 9.17) is 0 Å². The third-order valence-electron chi connectivity index (χ3n) is 1.40. The zero-order chi connectivity index (χ0) is 9.03. The van der Waals surface area contributed by atoms with Crippen LogP contribution in [0.5, 0.6) is 0 Å². The number of aliphatic imine (C=N–C) groups is 1. The standard InChI is InChI=1S/C11H15N/c1-11(2,3)12-9-10-7-5-4-6-8-10/h4-9H,1-3H3/b12-9-. The van der Waals surface area contributed by atoms with Crippen LogP contribution < -0.4 is 0 Å². The molecule has 64 valence electrons. The molecule has 0 aliphatic rings. The van der Waals surface area contributed by atoms with Crippen LogP contribution in [0, 0.1) is 0 Å². The van der Waals surface area contributed by atoms with E-state index in [0.29, 0.717) is 0 Å². The molecule has 1 aromatic rings. The molecule has 1 heteroatoms. The first kappa shape index (κ1) is 8.98. The van der Waals surface area contributed by atoms with Crippen LogP contribution in [0.1, 0.15) is 26.3 Å². The Bertz CT molecular complexity index is 254. The van der Waals surface area contributed by atoms with E-state index < -0.39 is 0 Å². The summed E-state index contributed by atoms with van der Waals surface area (Å²) in [7, 11) is 0. The van der Waals surface area contributed by atoms with Gasteiger partial charge in [-0.1, -0.05) is 30.3 Å². The van der Waals surface area contributed by atoms with E-state index in [1.54, 1.807) is 0 Å². The maximum absolute atomic E-state index is 4.40. The highest BCUT2D eigenvalue weighted by atomic mass is 14.8. The summed E-state index contributed by atoms with van der Waals surface area (Å²) in [6.07, 6.45) is 1.92. The number of rotatable bonds is 1. The quantitative estimate of drug-likeness (QED) is 0.561. The van der Waals surface area contributed by atoms with Crippen LogP contribution in [0.15, 0.2) is 35.3 Å². The number of nitrogens with zero attached hydrogens (tertiary/aromatic N) is 1. The third-order valence-corrected chi connectivity index (χ3v) is 1.40. The van der Waals surface area contributed by atoms with Gasteiger partial charge in [0, 0.05) is 6.21 Å². The molecule has 0 spiro atoms. The fraction of sp³-hybridized carbons (Fsp3) is 0.364. The Labute approximate surface area is 74.2 Å². The Kier molecular flexibility index (Phi) is 2.64. The van der Waals surface area contributed by atoms with Gasteiger partial charge < -0.3 is 0 Å². The van der Waals surface area contributed by atoms with Crippen molar-refractivity contribution >= 4 is 6.21 Å². The number of hydrogen-bond donors (Lipinski definition) is 0. The lowest BCUT2D eigenvalue weighted by atomic mass is 10.1. The summed E-state index contributed by atoms with van der Waals surface area (Å²) < 4.78 is 0. The molecule has 0 heterocycles. The fourth-order valence-corrected chi connectivity index (χ4v) is 0.807. The lowest BCUT2D eigenvalue weighted by Crippen LogP contribution is -2.09. The van der Waals surface area contributed by atoms with Crippen LogP contribution in [-0.4, -0.2) is 11.8 Å². The second-order valence-electron chi connectivity index (χ2n) is 3.84. The van der Waals surface area contributed by atoms with Crippen molar-refractivity contribution in [3.8, 4) is 0 Å². The number of hydrogen-bond acceptors (Lipinski definition) is 1. The van der Waals surface area contributed by atoms with Gasteiger partial charge in [-0.05, 0) is 26.3 Å². The van der Waals surface area contributed by atoms with Gasteiger partial charge in [-0.2, -0.15) is 0 Å². The van der Waals surface area contributed by atoms with Gasteiger partial charge in [0.1, 0.15) is 0 Å². The lowest BCUT2D eigenvalue weighted by molar-refractivity contribution is 0.586. The van der Waals surface area contributed by atoms with E-state index in [0.717, 1.165) is 5.56 Å². The van der Waals surface area contributed by atoms with Gasteiger partial charge in [0.05, 0.1) is 5.54 Å². The molecule has 0 bridgehead atoms. The lowest BCUT2D eigenvalue weighted by Gasteiger charge is -2.10. The average Bonchev–Trinajstić information content (AvgIpc) is 2.02. The summed E-state index contributed by atoms with van der Waals surface area (Å²) >= 11 is 0. The van der Waals surface area contributed by atoms with E-state index in [2.05, 4.69) is 37.9 Å². The highest BCUT2D eigenvalue weighted by Gasteiger charge is 2.03. The van der Waals surface area contributed by atoms with Crippen LogP contribution >= 0.6 is 0 Å². The van der Waals surface area contributed by atoms with Crippen molar-refractivity contribution in [3.05, 3.63) is 35.9 Å². The molecule has 0 aliphatic carbocycles. The predicted molar refractivity (Wildman–Crippen MR) is 53.8 cm³/mol. The van der Waals surface area contributed by atoms with Crippen molar-refractivity contribution in [2.75, 3.05) is 0 Å². The Hall–Kier alpha value is -1.11. The third kappa shape index (κ3) is 3.33. The Morgan fingerprint density at radius 1 is 1.08 bits per heavy atom. The van der Waals surface area contributed by atoms with Gasteiger partial charge in [0.15, 0.2) is 0 Å². The highest BCUT2D eigenvalue weighted by molar-refractivity contribution is 5.79. The molecule has 0 N–H and O–H groups in total. The van der Waals surface area contributed by atoms with Crippen LogP contribution in [0.3, 0.4) is 0 Å². The maximum atomic E-state index is 4.40. The van der Waals surface area contributed by atoms with Crippen molar-refractivity contribution in [3.63, 3.8) is 0 Å². The Balaban J connectivity index is 2.71. The van der Waals surface area contributed by atoms with Crippen LogP contribution in [-0.2, 0) is 0 Å². The first-order valence-electron chi connectivity index (χ1n) is 4.18. The Morgan fingerprint density at radius 3 is 2.17 bits per heavy atom. The van der Waals surface area contributed by atoms with E-state index in [-0.39, 0.29) is 5.54 Å². The van der Waals surface area contributed by atoms with Crippen LogP contribution in [0.25, 0.3) is 0 Å². The van der Waals surface area contributed by atoms with Crippen molar-refractivity contribution in [1.82, 2.24) is 0 Å². The zero-order valence-electron chi connectivity index (χ0n) is 7.91. The summed E-state index contributed by atoms with van der Waals surface area (Å²) in [5.74, 6) is 0. The topological polar surface area (TPSA) is 12.4 Å². The van der Waals surface area contributed by atoms with Crippen molar-refractivity contribution in [1.29, 1.82) is 0 Å². The summed E-state index contributed by atoms with van der Waals surface area (Å²) in [4.78, 5) is 4.40. The van der Waals surface area contributed by atoms with E-state index in [1.165, 1.54) is 0 Å². The maximum Gasteiger partial charge on any atom is 0.0524 e. The second-order valence-corrected chi connectivity index (χ2v) is 3.84. The smallest absolute Gasteiger partial charge is 0.0524 e. The van der Waals surface area contributed by atoms with Gasteiger partial charge >= 0.3 is 0 Å². The van der Waals surface area contributed by atoms with E-state index >= 15 is 0 Å². The molecule has 0 aromatic heterocycles. The molecule has 0 saturated heterocycles. The summed E-state index contributed by atoms with van der Waals surface area (Å²) in [5, 5.41) is 0. The Morgan fingerprint density at radius 2 is 1.67 bits per heavy atom. The molecular weight excluding hydrogens is 146 g/mol. The van der Waals surface area contributed by atoms with Gasteiger partial charge in [-0.15, -0.1) is 0 Å². The van der Waals surface area contributed by atoms with Gasteiger partial charge in [0.25, 0.3) is 0 Å². The SMILES string of the molecule is CC(C)(C)/N=C\c1ccccc1. The summed E-state index contributed by atoms with van der Waals surface area (Å²) in [6, 6.07) is 10.1. The average molecular weight is 161 g/mol. The molecule has 0 fully saturated rings. The summed E-state index contributed by atoms with van der Waals surface area (Å²) in [6.45, 7) is 6.27. The predicted octanol–water partition coefficient (Wildman–Crippen LogP) is 2.90. The molecular formula is C11H15N. The van der Waals surface area contributed by atoms with Crippen molar-refractivity contribution in [2.24, 2.45) is 4.99 Å². The van der Waals surface area contributed by atoms with Crippen LogP contribution in [0.2, 0.25) is 0 Å². The van der Waals surface area contributed by atoms with Crippen molar-refractivity contribution < 1.29 is 0 Å². The van der Waals surface area contributed by atoms with Crippen molar-refractivity contribution in [2.45, 2.75) is 26.3 Å². The molecule has 0 unspecified atom stereocenters. The molecule has 1 nitrogen and oxygen atoms in total. The second kappa shape index (κ2) is 3.53. The molecule has 1 rings (SSSR count). The molecule has 0 atom stereocenters. The molecule has 0 amide bonds. The first-order valence-corrected chi connectivity index (χ1v) is 4.18. The molecule has 1 aromatic carbocycles. The zero-order valence-corrected chi connectivity index (χ0v) is 7.91. The highest BCUT2D eigenvalue weighted by Crippen LogP contribution is 2.06. The normalized spacial score (nSPS) is 12.2. The number of benzene rings is 1.